The number of benzene rings is 1. The number of likely N-dealkylation sites (N-methyl/N-ethyl adjacent to an activating group) is 1. The number of amides is 1. The first kappa shape index (κ1) is 12.3. The Hall–Kier alpha value is -2.40. The van der Waals surface area contributed by atoms with Crippen molar-refractivity contribution in [2.24, 2.45) is 4.99 Å². The molecule has 0 aromatic heterocycles. The number of rotatable bonds is 1. The van der Waals surface area contributed by atoms with Gasteiger partial charge in [-0.3, -0.25) is 19.6 Å². The van der Waals surface area contributed by atoms with Gasteiger partial charge in [-0.1, -0.05) is 30.8 Å². The molecule has 2 aliphatic heterocycles. The quantitative estimate of drug-likeness (QED) is 0.844. The number of amidine groups is 1. The lowest BCUT2D eigenvalue weighted by atomic mass is 10.1. The molecule has 0 fully saturated rings. The second-order valence-electron chi connectivity index (χ2n) is 5.71. The van der Waals surface area contributed by atoms with Crippen molar-refractivity contribution in [2.75, 3.05) is 20.6 Å². The predicted octanol–water partition coefficient (Wildman–Crippen LogP) is 1.33. The molecule has 1 unspecified atom stereocenters. The van der Waals surface area contributed by atoms with Crippen LogP contribution in [0.1, 0.15) is 17.2 Å². The van der Waals surface area contributed by atoms with E-state index in [9.17, 15) is 4.79 Å². The molecule has 3 aliphatic rings. The van der Waals surface area contributed by atoms with E-state index in [1.54, 1.807) is 0 Å². The number of fused-ring (bicyclic) bond motifs is 4. The minimum atomic E-state index is -0.151. The Bertz CT molecular complexity index is 744. The summed E-state index contributed by atoms with van der Waals surface area (Å²) in [7, 11) is 4.09. The summed E-state index contributed by atoms with van der Waals surface area (Å²) in [5.74, 6) is 0.306. The van der Waals surface area contributed by atoms with Crippen LogP contribution in [0.15, 0.2) is 47.2 Å². The molecule has 1 amide bonds. The van der Waals surface area contributed by atoms with Crippen LogP contribution in [0.4, 0.5) is 0 Å². The molecule has 0 bridgehead atoms. The first-order valence-electron chi connectivity index (χ1n) is 6.93. The van der Waals surface area contributed by atoms with Gasteiger partial charge in [-0.05, 0) is 19.7 Å². The molecule has 5 heteroatoms. The lowest BCUT2D eigenvalue weighted by Crippen LogP contribution is -2.46. The van der Waals surface area contributed by atoms with Crippen molar-refractivity contribution in [2.45, 2.75) is 6.04 Å². The number of carbonyl (C=O) groups excluding carboxylic acids is 1. The SMILES string of the molecule is C=C1CN=C2C(=O)NC3=C(C(N(C)C)c4ccccc43)N12. The number of nitrogens with zero attached hydrogens (tertiary/aromatic N) is 3. The minimum absolute atomic E-state index is 0.0943. The monoisotopic (exact) mass is 280 g/mol. The third-order valence-electron chi connectivity index (χ3n) is 4.18. The van der Waals surface area contributed by atoms with Crippen molar-refractivity contribution >= 4 is 17.4 Å². The minimum Gasteiger partial charge on any atom is -0.317 e. The van der Waals surface area contributed by atoms with Crippen molar-refractivity contribution in [3.8, 4) is 0 Å². The largest absolute Gasteiger partial charge is 0.317 e. The summed E-state index contributed by atoms with van der Waals surface area (Å²) in [5.41, 5.74) is 5.08. The molecule has 1 N–H and O–H groups in total. The Morgan fingerprint density at radius 1 is 1.38 bits per heavy atom. The molecule has 0 radical (unpaired) electrons. The third kappa shape index (κ3) is 1.49. The number of aliphatic imine (C=N–C) groups is 1. The molecule has 1 aromatic rings. The molecule has 0 spiro atoms. The average molecular weight is 280 g/mol. The molecular formula is C16H16N4O. The fourth-order valence-electron chi connectivity index (χ4n) is 3.36. The van der Waals surface area contributed by atoms with Gasteiger partial charge in [-0.25, -0.2) is 0 Å². The van der Waals surface area contributed by atoms with Gasteiger partial charge in [0.15, 0.2) is 5.84 Å². The van der Waals surface area contributed by atoms with Gasteiger partial charge < -0.3 is 5.32 Å². The highest BCUT2D eigenvalue weighted by atomic mass is 16.2. The average Bonchev–Trinajstić information content (AvgIpc) is 2.98. The summed E-state index contributed by atoms with van der Waals surface area (Å²) in [6, 6.07) is 8.28. The van der Waals surface area contributed by atoms with E-state index in [0.717, 1.165) is 22.7 Å². The number of hydrogen-bond acceptors (Lipinski definition) is 4. The Morgan fingerprint density at radius 3 is 2.90 bits per heavy atom. The van der Waals surface area contributed by atoms with Crippen molar-refractivity contribution in [3.05, 3.63) is 53.4 Å². The second-order valence-corrected chi connectivity index (χ2v) is 5.71. The summed E-state index contributed by atoms with van der Waals surface area (Å²) in [6.45, 7) is 4.55. The highest BCUT2D eigenvalue weighted by Crippen LogP contribution is 2.46. The highest BCUT2D eigenvalue weighted by molar-refractivity contribution is 6.42. The van der Waals surface area contributed by atoms with Crippen LogP contribution in [0.2, 0.25) is 0 Å². The molecule has 0 saturated carbocycles. The standard InChI is InChI=1S/C16H16N4O/c1-9-8-17-15-16(21)18-12-10-6-4-5-7-11(10)13(19(2)3)14(12)20(9)15/h4-7,13H,1,8H2,2-3H3,(H,18,21). The normalized spacial score (nSPS) is 23.1. The number of hydrogen-bond donors (Lipinski definition) is 1. The highest BCUT2D eigenvalue weighted by Gasteiger charge is 2.45. The number of nitrogens with one attached hydrogen (secondary N) is 1. The smallest absolute Gasteiger partial charge is 0.291 e. The van der Waals surface area contributed by atoms with Crippen LogP contribution < -0.4 is 5.32 Å². The third-order valence-corrected chi connectivity index (χ3v) is 4.18. The van der Waals surface area contributed by atoms with E-state index in [1.165, 1.54) is 5.56 Å². The van der Waals surface area contributed by atoms with Gasteiger partial charge >= 0.3 is 0 Å². The van der Waals surface area contributed by atoms with Crippen molar-refractivity contribution < 1.29 is 4.79 Å². The van der Waals surface area contributed by atoms with Gasteiger partial charge in [0, 0.05) is 11.3 Å². The second kappa shape index (κ2) is 4.05. The Balaban J connectivity index is 1.98. The van der Waals surface area contributed by atoms with Gasteiger partial charge in [0.25, 0.3) is 5.91 Å². The molecular weight excluding hydrogens is 264 g/mol. The first-order valence-corrected chi connectivity index (χ1v) is 6.93. The zero-order valence-electron chi connectivity index (χ0n) is 12.1. The van der Waals surface area contributed by atoms with E-state index < -0.39 is 0 Å². The van der Waals surface area contributed by atoms with Crippen LogP contribution in [0.3, 0.4) is 0 Å². The van der Waals surface area contributed by atoms with E-state index in [0.29, 0.717) is 12.4 Å². The maximum absolute atomic E-state index is 12.3. The maximum atomic E-state index is 12.3. The van der Waals surface area contributed by atoms with Crippen molar-refractivity contribution in [3.63, 3.8) is 0 Å². The summed E-state index contributed by atoms with van der Waals surface area (Å²) < 4.78 is 0. The van der Waals surface area contributed by atoms with E-state index in [2.05, 4.69) is 33.9 Å². The summed E-state index contributed by atoms with van der Waals surface area (Å²) in [5, 5.41) is 3.01. The van der Waals surface area contributed by atoms with E-state index in [-0.39, 0.29) is 11.9 Å². The molecule has 21 heavy (non-hydrogen) atoms. The van der Waals surface area contributed by atoms with Gasteiger partial charge in [0.05, 0.1) is 24.0 Å². The van der Waals surface area contributed by atoms with E-state index in [1.807, 2.05) is 31.1 Å². The fraction of sp³-hybridized carbons (Fsp3) is 0.250. The summed E-state index contributed by atoms with van der Waals surface area (Å²) in [6.07, 6.45) is 0. The van der Waals surface area contributed by atoms with Gasteiger partial charge in [0.2, 0.25) is 0 Å². The predicted molar refractivity (Wildman–Crippen MR) is 81.2 cm³/mol. The maximum Gasteiger partial charge on any atom is 0.291 e. The first-order chi connectivity index (χ1) is 10.1. The molecule has 4 rings (SSSR count). The van der Waals surface area contributed by atoms with Crippen LogP contribution in [-0.2, 0) is 4.79 Å². The van der Waals surface area contributed by atoms with Crippen LogP contribution >= 0.6 is 0 Å². The molecule has 1 aromatic carbocycles. The molecule has 0 saturated heterocycles. The zero-order chi connectivity index (χ0) is 14.7. The Labute approximate surface area is 123 Å². The Morgan fingerprint density at radius 2 is 2.14 bits per heavy atom. The lowest BCUT2D eigenvalue weighted by molar-refractivity contribution is -0.114. The van der Waals surface area contributed by atoms with E-state index >= 15 is 0 Å². The molecule has 2 heterocycles. The van der Waals surface area contributed by atoms with Crippen LogP contribution in [0, 0.1) is 0 Å². The lowest BCUT2D eigenvalue weighted by Gasteiger charge is -2.34. The molecule has 1 aliphatic carbocycles. The molecule has 5 nitrogen and oxygen atoms in total. The van der Waals surface area contributed by atoms with Crippen LogP contribution in [-0.4, -0.2) is 42.2 Å². The zero-order valence-corrected chi connectivity index (χ0v) is 12.1. The van der Waals surface area contributed by atoms with Crippen molar-refractivity contribution in [1.82, 2.24) is 15.1 Å². The summed E-state index contributed by atoms with van der Waals surface area (Å²) in [4.78, 5) is 20.7. The fourth-order valence-corrected chi connectivity index (χ4v) is 3.36. The van der Waals surface area contributed by atoms with Gasteiger partial charge in [-0.2, -0.15) is 0 Å². The molecule has 106 valence electrons. The number of carbonyl (C=O) groups is 1. The van der Waals surface area contributed by atoms with Crippen molar-refractivity contribution in [1.29, 1.82) is 0 Å². The Kier molecular flexibility index (Phi) is 2.38. The molecule has 1 atom stereocenters. The van der Waals surface area contributed by atoms with Crippen LogP contribution in [0.25, 0.3) is 5.70 Å². The van der Waals surface area contributed by atoms with Gasteiger partial charge in [0.1, 0.15) is 0 Å². The topological polar surface area (TPSA) is 47.9 Å². The van der Waals surface area contributed by atoms with Gasteiger partial charge in [-0.15, -0.1) is 0 Å². The summed E-state index contributed by atoms with van der Waals surface area (Å²) >= 11 is 0. The van der Waals surface area contributed by atoms with Crippen LogP contribution in [0.5, 0.6) is 0 Å². The van der Waals surface area contributed by atoms with E-state index in [4.69, 9.17) is 0 Å².